The molecule has 0 aliphatic heterocycles. The van der Waals surface area contributed by atoms with Crippen LogP contribution in [0.2, 0.25) is 0 Å². The van der Waals surface area contributed by atoms with E-state index >= 15 is 0 Å². The molecule has 0 aliphatic rings. The molecule has 2 aromatic carbocycles. The molecule has 7 heteroatoms. The van der Waals surface area contributed by atoms with E-state index in [1.165, 1.54) is 5.69 Å². The van der Waals surface area contributed by atoms with Crippen molar-refractivity contribution in [3.8, 4) is 11.5 Å². The van der Waals surface area contributed by atoms with Crippen LogP contribution in [0.15, 0.2) is 54.7 Å². The van der Waals surface area contributed by atoms with Gasteiger partial charge in [-0.1, -0.05) is 0 Å². The SMILES string of the molecule is CCN(CC)c1ccc(Nc2nccc(Nc3ccc(OC)c(OC)c3)n2)cc1. The Bertz CT molecular complexity index is 927. The Morgan fingerprint density at radius 2 is 1.52 bits per heavy atom. The van der Waals surface area contributed by atoms with E-state index in [4.69, 9.17) is 9.47 Å². The molecule has 0 radical (unpaired) electrons. The van der Waals surface area contributed by atoms with Crippen LogP contribution >= 0.6 is 0 Å². The number of benzene rings is 2. The second kappa shape index (κ2) is 9.64. The summed E-state index contributed by atoms with van der Waals surface area (Å²) in [5, 5.41) is 6.51. The summed E-state index contributed by atoms with van der Waals surface area (Å²) in [6.07, 6.45) is 1.71. The molecular formula is C22H27N5O2. The summed E-state index contributed by atoms with van der Waals surface area (Å²) >= 11 is 0. The van der Waals surface area contributed by atoms with Gasteiger partial charge in [0.05, 0.1) is 14.2 Å². The topological polar surface area (TPSA) is 71.5 Å². The van der Waals surface area contributed by atoms with Crippen LogP contribution in [0.3, 0.4) is 0 Å². The van der Waals surface area contributed by atoms with Gasteiger partial charge in [0.15, 0.2) is 11.5 Å². The van der Waals surface area contributed by atoms with Gasteiger partial charge < -0.3 is 25.0 Å². The smallest absolute Gasteiger partial charge is 0.229 e. The molecule has 7 nitrogen and oxygen atoms in total. The molecule has 0 aliphatic carbocycles. The van der Waals surface area contributed by atoms with Gasteiger partial charge in [-0.15, -0.1) is 0 Å². The normalized spacial score (nSPS) is 10.3. The standard InChI is InChI=1S/C22H27N5O2/c1-5-27(6-2)18-10-7-16(8-11-18)25-22-23-14-13-21(26-22)24-17-9-12-19(28-3)20(15-17)29-4/h7-15H,5-6H2,1-4H3,(H2,23,24,25,26). The molecule has 0 saturated carbocycles. The van der Waals surface area contributed by atoms with Crippen LogP contribution in [0.4, 0.5) is 28.8 Å². The second-order valence-corrected chi connectivity index (χ2v) is 6.30. The average molecular weight is 393 g/mol. The van der Waals surface area contributed by atoms with Crippen molar-refractivity contribution in [3.05, 3.63) is 54.7 Å². The minimum atomic E-state index is 0.520. The third-order valence-corrected chi connectivity index (χ3v) is 4.56. The number of ether oxygens (including phenoxy) is 2. The highest BCUT2D eigenvalue weighted by molar-refractivity contribution is 5.63. The van der Waals surface area contributed by atoms with Gasteiger partial charge in [0, 0.05) is 42.4 Å². The van der Waals surface area contributed by atoms with E-state index in [9.17, 15) is 0 Å². The fraction of sp³-hybridized carbons (Fsp3) is 0.273. The first-order valence-electron chi connectivity index (χ1n) is 9.61. The number of hydrogen-bond acceptors (Lipinski definition) is 7. The molecule has 0 spiro atoms. The summed E-state index contributed by atoms with van der Waals surface area (Å²) in [6, 6.07) is 15.7. The molecule has 2 N–H and O–H groups in total. The van der Waals surface area contributed by atoms with Gasteiger partial charge in [-0.05, 0) is 56.3 Å². The first-order chi connectivity index (χ1) is 14.2. The maximum Gasteiger partial charge on any atom is 0.229 e. The van der Waals surface area contributed by atoms with E-state index < -0.39 is 0 Å². The summed E-state index contributed by atoms with van der Waals surface area (Å²) < 4.78 is 10.6. The highest BCUT2D eigenvalue weighted by Crippen LogP contribution is 2.31. The van der Waals surface area contributed by atoms with Crippen LogP contribution in [0.5, 0.6) is 11.5 Å². The Kier molecular flexibility index (Phi) is 6.73. The molecular weight excluding hydrogens is 366 g/mol. The van der Waals surface area contributed by atoms with Crippen molar-refractivity contribution in [2.24, 2.45) is 0 Å². The zero-order valence-electron chi connectivity index (χ0n) is 17.3. The van der Waals surface area contributed by atoms with Crippen molar-refractivity contribution in [2.75, 3.05) is 42.8 Å². The first kappa shape index (κ1) is 20.3. The number of anilines is 5. The van der Waals surface area contributed by atoms with Crippen LogP contribution in [-0.4, -0.2) is 37.3 Å². The third-order valence-electron chi connectivity index (χ3n) is 4.56. The molecule has 1 aromatic heterocycles. The van der Waals surface area contributed by atoms with Gasteiger partial charge in [-0.2, -0.15) is 4.98 Å². The molecule has 3 rings (SSSR count). The second-order valence-electron chi connectivity index (χ2n) is 6.30. The van der Waals surface area contributed by atoms with E-state index in [1.54, 1.807) is 20.4 Å². The predicted octanol–water partition coefficient (Wildman–Crippen LogP) is 4.83. The maximum atomic E-state index is 5.35. The van der Waals surface area contributed by atoms with Gasteiger partial charge in [-0.3, -0.25) is 0 Å². The van der Waals surface area contributed by atoms with Gasteiger partial charge >= 0.3 is 0 Å². The van der Waals surface area contributed by atoms with Crippen LogP contribution < -0.4 is 25.0 Å². The lowest BCUT2D eigenvalue weighted by Crippen LogP contribution is -2.21. The Morgan fingerprint density at radius 1 is 0.828 bits per heavy atom. The van der Waals surface area contributed by atoms with Crippen molar-refractivity contribution in [1.29, 1.82) is 0 Å². The molecule has 1 heterocycles. The number of hydrogen-bond donors (Lipinski definition) is 2. The van der Waals surface area contributed by atoms with E-state index in [-0.39, 0.29) is 0 Å². The quantitative estimate of drug-likeness (QED) is 0.540. The molecule has 0 unspecified atom stereocenters. The van der Waals surface area contributed by atoms with E-state index in [2.05, 4.69) is 51.5 Å². The number of nitrogens with zero attached hydrogens (tertiary/aromatic N) is 3. The lowest BCUT2D eigenvalue weighted by atomic mass is 10.2. The van der Waals surface area contributed by atoms with E-state index in [0.717, 1.165) is 24.5 Å². The molecule has 0 atom stereocenters. The molecule has 152 valence electrons. The number of aromatic nitrogens is 2. The summed E-state index contributed by atoms with van der Waals surface area (Å²) in [4.78, 5) is 11.1. The van der Waals surface area contributed by atoms with E-state index in [0.29, 0.717) is 23.3 Å². The minimum Gasteiger partial charge on any atom is -0.493 e. The largest absolute Gasteiger partial charge is 0.493 e. The maximum absolute atomic E-state index is 5.35. The van der Waals surface area contributed by atoms with Crippen molar-refractivity contribution in [2.45, 2.75) is 13.8 Å². The summed E-state index contributed by atoms with van der Waals surface area (Å²) in [5.74, 6) is 2.52. The predicted molar refractivity (Wildman–Crippen MR) is 118 cm³/mol. The van der Waals surface area contributed by atoms with Crippen LogP contribution in [0.25, 0.3) is 0 Å². The Hall–Kier alpha value is -3.48. The zero-order valence-corrected chi connectivity index (χ0v) is 17.3. The highest BCUT2D eigenvalue weighted by atomic mass is 16.5. The Labute approximate surface area is 171 Å². The van der Waals surface area contributed by atoms with Crippen LogP contribution in [-0.2, 0) is 0 Å². The van der Waals surface area contributed by atoms with Crippen LogP contribution in [0, 0.1) is 0 Å². The first-order valence-corrected chi connectivity index (χ1v) is 9.61. The molecule has 0 fully saturated rings. The molecule has 0 saturated heterocycles. The monoisotopic (exact) mass is 393 g/mol. The molecule has 0 bridgehead atoms. The van der Waals surface area contributed by atoms with Crippen molar-refractivity contribution >= 4 is 28.8 Å². The zero-order chi connectivity index (χ0) is 20.6. The number of rotatable bonds is 9. The van der Waals surface area contributed by atoms with Crippen molar-refractivity contribution < 1.29 is 9.47 Å². The van der Waals surface area contributed by atoms with Gasteiger partial charge in [0.2, 0.25) is 5.95 Å². The summed E-state index contributed by atoms with van der Waals surface area (Å²) in [5.41, 5.74) is 2.98. The highest BCUT2D eigenvalue weighted by Gasteiger charge is 2.07. The average Bonchev–Trinajstić information content (AvgIpc) is 2.76. The van der Waals surface area contributed by atoms with Gasteiger partial charge in [0.1, 0.15) is 5.82 Å². The summed E-state index contributed by atoms with van der Waals surface area (Å²) in [7, 11) is 3.22. The van der Waals surface area contributed by atoms with Gasteiger partial charge in [-0.25, -0.2) is 4.98 Å². The number of nitrogens with one attached hydrogen (secondary N) is 2. The molecule has 0 amide bonds. The van der Waals surface area contributed by atoms with Crippen molar-refractivity contribution in [3.63, 3.8) is 0 Å². The summed E-state index contributed by atoms with van der Waals surface area (Å²) in [6.45, 7) is 6.27. The molecule has 3 aromatic rings. The Morgan fingerprint density at radius 3 is 2.17 bits per heavy atom. The Balaban J connectivity index is 1.71. The van der Waals surface area contributed by atoms with Crippen molar-refractivity contribution in [1.82, 2.24) is 9.97 Å². The molecule has 29 heavy (non-hydrogen) atoms. The third kappa shape index (κ3) is 5.07. The fourth-order valence-corrected chi connectivity index (χ4v) is 3.02. The lowest BCUT2D eigenvalue weighted by molar-refractivity contribution is 0.355. The van der Waals surface area contributed by atoms with Gasteiger partial charge in [0.25, 0.3) is 0 Å². The van der Waals surface area contributed by atoms with E-state index in [1.807, 2.05) is 36.4 Å². The fourth-order valence-electron chi connectivity index (χ4n) is 3.02. The minimum absolute atomic E-state index is 0.520. The number of methoxy groups -OCH3 is 2. The lowest BCUT2D eigenvalue weighted by Gasteiger charge is -2.21. The van der Waals surface area contributed by atoms with Crippen LogP contribution in [0.1, 0.15) is 13.8 Å².